The zero-order valence-corrected chi connectivity index (χ0v) is 12.0. The highest BCUT2D eigenvalue weighted by Gasteiger charge is 2.15. The van der Waals surface area contributed by atoms with Crippen LogP contribution in [-0.2, 0) is 4.74 Å². The van der Waals surface area contributed by atoms with Gasteiger partial charge in [0, 0.05) is 19.3 Å². The Morgan fingerprint density at radius 3 is 2.56 bits per heavy atom. The first kappa shape index (κ1) is 14.3. The number of rotatable bonds is 6. The molecule has 2 fully saturated rings. The lowest BCUT2D eigenvalue weighted by atomic mass is 9.96. The predicted molar refractivity (Wildman–Crippen MR) is 75.9 cm³/mol. The van der Waals surface area contributed by atoms with Crippen molar-refractivity contribution >= 4 is 0 Å². The third-order valence-electron chi connectivity index (χ3n) is 4.53. The summed E-state index contributed by atoms with van der Waals surface area (Å²) in [6.07, 6.45) is 9.41. The highest BCUT2D eigenvalue weighted by Crippen LogP contribution is 2.18. The van der Waals surface area contributed by atoms with Crippen LogP contribution in [0.5, 0.6) is 0 Å². The predicted octanol–water partition coefficient (Wildman–Crippen LogP) is 2.27. The number of piperidine rings is 1. The van der Waals surface area contributed by atoms with Crippen LogP contribution in [-0.4, -0.2) is 50.8 Å². The molecule has 0 aliphatic carbocycles. The van der Waals surface area contributed by atoms with Crippen LogP contribution < -0.4 is 5.32 Å². The molecule has 2 aliphatic heterocycles. The van der Waals surface area contributed by atoms with Crippen molar-refractivity contribution in [1.29, 1.82) is 0 Å². The molecule has 1 N–H and O–H groups in total. The minimum Gasteiger partial charge on any atom is -0.381 e. The van der Waals surface area contributed by atoms with Crippen LogP contribution in [0, 0.1) is 5.92 Å². The molecule has 0 aromatic heterocycles. The van der Waals surface area contributed by atoms with Crippen LogP contribution in [0.25, 0.3) is 0 Å². The maximum atomic E-state index is 5.41. The Kier molecular flexibility index (Phi) is 6.46. The number of nitrogens with zero attached hydrogens (tertiary/aromatic N) is 1. The Labute approximate surface area is 112 Å². The van der Waals surface area contributed by atoms with Gasteiger partial charge in [0.05, 0.1) is 0 Å². The fraction of sp³-hybridized carbons (Fsp3) is 1.00. The topological polar surface area (TPSA) is 24.5 Å². The first-order chi connectivity index (χ1) is 8.84. The van der Waals surface area contributed by atoms with Crippen LogP contribution in [0.1, 0.15) is 44.9 Å². The Hall–Kier alpha value is -0.120. The normalized spacial score (nSPS) is 26.7. The third kappa shape index (κ3) is 5.25. The maximum Gasteiger partial charge on any atom is 0.0468 e. The minimum atomic E-state index is 0.782. The second kappa shape index (κ2) is 8.13. The monoisotopic (exact) mass is 254 g/mol. The van der Waals surface area contributed by atoms with Gasteiger partial charge in [0.15, 0.2) is 0 Å². The fourth-order valence-electron chi connectivity index (χ4n) is 3.10. The average molecular weight is 254 g/mol. The fourth-order valence-corrected chi connectivity index (χ4v) is 3.10. The largest absolute Gasteiger partial charge is 0.381 e. The van der Waals surface area contributed by atoms with Gasteiger partial charge in [-0.25, -0.2) is 0 Å². The second-order valence-electron chi connectivity index (χ2n) is 6.08. The number of hydrogen-bond donors (Lipinski definition) is 1. The van der Waals surface area contributed by atoms with E-state index in [0.29, 0.717) is 0 Å². The standard InChI is InChI=1S/C15H30N2O/c1-17(10-5-14-7-12-18-13-8-14)11-6-15-4-2-3-9-16-15/h14-16H,2-13H2,1H3. The molecule has 0 aromatic rings. The molecule has 2 rings (SSSR count). The van der Waals surface area contributed by atoms with Crippen LogP contribution in [0.2, 0.25) is 0 Å². The number of nitrogens with one attached hydrogen (secondary N) is 1. The van der Waals surface area contributed by atoms with Gasteiger partial charge in [-0.3, -0.25) is 0 Å². The average Bonchev–Trinajstić information content (AvgIpc) is 2.45. The van der Waals surface area contributed by atoms with Crippen molar-refractivity contribution in [2.24, 2.45) is 5.92 Å². The quantitative estimate of drug-likeness (QED) is 0.787. The minimum absolute atomic E-state index is 0.782. The zero-order valence-electron chi connectivity index (χ0n) is 12.0. The van der Waals surface area contributed by atoms with E-state index >= 15 is 0 Å². The Morgan fingerprint density at radius 2 is 1.83 bits per heavy atom. The summed E-state index contributed by atoms with van der Waals surface area (Å²) in [5.74, 6) is 0.911. The van der Waals surface area contributed by atoms with Crippen molar-refractivity contribution in [2.45, 2.75) is 51.0 Å². The van der Waals surface area contributed by atoms with Gasteiger partial charge >= 0.3 is 0 Å². The lowest BCUT2D eigenvalue weighted by molar-refractivity contribution is 0.0609. The SMILES string of the molecule is CN(CCC1CCOCC1)CCC1CCCCN1. The van der Waals surface area contributed by atoms with Crippen molar-refractivity contribution in [3.63, 3.8) is 0 Å². The summed E-state index contributed by atoms with van der Waals surface area (Å²) >= 11 is 0. The van der Waals surface area contributed by atoms with Gasteiger partial charge in [0.25, 0.3) is 0 Å². The summed E-state index contributed by atoms with van der Waals surface area (Å²) in [6.45, 7) is 5.72. The van der Waals surface area contributed by atoms with E-state index in [2.05, 4.69) is 17.3 Å². The molecule has 18 heavy (non-hydrogen) atoms. The molecule has 0 amide bonds. The molecular weight excluding hydrogens is 224 g/mol. The molecule has 1 atom stereocenters. The first-order valence-corrected chi connectivity index (χ1v) is 7.84. The molecule has 2 aliphatic rings. The Bertz CT molecular complexity index is 189. The van der Waals surface area contributed by atoms with Gasteiger partial charge < -0.3 is 15.0 Å². The summed E-state index contributed by atoms with van der Waals surface area (Å²) in [6, 6.07) is 0.782. The van der Waals surface area contributed by atoms with E-state index in [1.54, 1.807) is 0 Å². The van der Waals surface area contributed by atoms with E-state index in [9.17, 15) is 0 Å². The van der Waals surface area contributed by atoms with E-state index in [1.165, 1.54) is 64.6 Å². The molecule has 3 heteroatoms. The van der Waals surface area contributed by atoms with Crippen molar-refractivity contribution in [3.8, 4) is 0 Å². The van der Waals surface area contributed by atoms with Crippen LogP contribution in [0.4, 0.5) is 0 Å². The molecule has 0 radical (unpaired) electrons. The lowest BCUT2D eigenvalue weighted by Gasteiger charge is -2.27. The maximum absolute atomic E-state index is 5.41. The van der Waals surface area contributed by atoms with Gasteiger partial charge in [-0.1, -0.05) is 6.42 Å². The molecule has 106 valence electrons. The van der Waals surface area contributed by atoms with Crippen LogP contribution >= 0.6 is 0 Å². The molecule has 2 heterocycles. The van der Waals surface area contributed by atoms with E-state index in [0.717, 1.165) is 25.2 Å². The zero-order chi connectivity index (χ0) is 12.6. The number of ether oxygens (including phenoxy) is 1. The highest BCUT2D eigenvalue weighted by molar-refractivity contribution is 4.73. The summed E-state index contributed by atoms with van der Waals surface area (Å²) in [7, 11) is 2.28. The van der Waals surface area contributed by atoms with E-state index in [4.69, 9.17) is 4.74 Å². The lowest BCUT2D eigenvalue weighted by Crippen LogP contribution is -2.37. The Balaban J connectivity index is 1.52. The van der Waals surface area contributed by atoms with Crippen molar-refractivity contribution < 1.29 is 4.74 Å². The first-order valence-electron chi connectivity index (χ1n) is 7.84. The Morgan fingerprint density at radius 1 is 1.06 bits per heavy atom. The number of hydrogen-bond acceptors (Lipinski definition) is 3. The van der Waals surface area contributed by atoms with Crippen molar-refractivity contribution in [3.05, 3.63) is 0 Å². The molecule has 0 spiro atoms. The van der Waals surface area contributed by atoms with Crippen LogP contribution in [0.3, 0.4) is 0 Å². The van der Waals surface area contributed by atoms with E-state index < -0.39 is 0 Å². The molecular formula is C15H30N2O. The van der Waals surface area contributed by atoms with Gasteiger partial charge in [-0.05, 0) is 71.1 Å². The molecule has 3 nitrogen and oxygen atoms in total. The van der Waals surface area contributed by atoms with Crippen molar-refractivity contribution in [2.75, 3.05) is 39.9 Å². The van der Waals surface area contributed by atoms with Gasteiger partial charge in [0.1, 0.15) is 0 Å². The summed E-state index contributed by atoms with van der Waals surface area (Å²) in [5.41, 5.74) is 0. The second-order valence-corrected chi connectivity index (χ2v) is 6.08. The summed E-state index contributed by atoms with van der Waals surface area (Å²) in [5, 5.41) is 3.64. The molecule has 0 saturated carbocycles. The molecule has 0 aromatic carbocycles. The van der Waals surface area contributed by atoms with Crippen LogP contribution in [0.15, 0.2) is 0 Å². The van der Waals surface area contributed by atoms with Gasteiger partial charge in [-0.2, -0.15) is 0 Å². The molecule has 2 saturated heterocycles. The highest BCUT2D eigenvalue weighted by atomic mass is 16.5. The smallest absolute Gasteiger partial charge is 0.0468 e. The summed E-state index contributed by atoms with van der Waals surface area (Å²) < 4.78 is 5.41. The van der Waals surface area contributed by atoms with Gasteiger partial charge in [0.2, 0.25) is 0 Å². The molecule has 0 bridgehead atoms. The van der Waals surface area contributed by atoms with Gasteiger partial charge in [-0.15, -0.1) is 0 Å². The van der Waals surface area contributed by atoms with E-state index in [1.807, 2.05) is 0 Å². The van der Waals surface area contributed by atoms with Crippen molar-refractivity contribution in [1.82, 2.24) is 10.2 Å². The van der Waals surface area contributed by atoms with E-state index in [-0.39, 0.29) is 0 Å². The third-order valence-corrected chi connectivity index (χ3v) is 4.53. The molecule has 1 unspecified atom stereocenters. The summed E-state index contributed by atoms with van der Waals surface area (Å²) in [4.78, 5) is 2.52.